The monoisotopic (exact) mass is 297 g/mol. The highest BCUT2D eigenvalue weighted by atomic mass is 35.5. The van der Waals surface area contributed by atoms with Crippen LogP contribution in [0.25, 0.3) is 10.9 Å². The number of piperidine rings is 1. The molecule has 0 aliphatic carbocycles. The molecule has 0 spiro atoms. The molecule has 1 fully saturated rings. The lowest BCUT2D eigenvalue weighted by molar-refractivity contribution is 0.479. The number of para-hydroxylation sites is 1. The molecule has 0 bridgehead atoms. The number of benzene rings is 1. The van der Waals surface area contributed by atoms with Crippen LogP contribution in [0.4, 0.5) is 5.69 Å². The van der Waals surface area contributed by atoms with E-state index in [9.17, 15) is 0 Å². The highest BCUT2D eigenvalue weighted by Crippen LogP contribution is 2.28. The van der Waals surface area contributed by atoms with E-state index in [1.54, 1.807) is 0 Å². The van der Waals surface area contributed by atoms with Crippen molar-refractivity contribution in [1.29, 1.82) is 0 Å². The minimum atomic E-state index is 0. The van der Waals surface area contributed by atoms with Gasteiger partial charge in [0.05, 0.1) is 10.5 Å². The van der Waals surface area contributed by atoms with Gasteiger partial charge in [0.1, 0.15) is 0 Å². The normalized spacial score (nSPS) is 16.1. The highest BCUT2D eigenvalue weighted by Gasteiger charge is 2.14. The molecule has 3 rings (SSSR count). The Kier molecular flexibility index (Phi) is 4.86. The van der Waals surface area contributed by atoms with E-state index >= 15 is 0 Å². The standard InChI is InChI=1S/C14H16ClN3.ClH/c15-12-3-1-2-11-13(6-9-17-14(11)12)18-10-4-7-16-8-5-10;/h1-3,6,9-10,16H,4-5,7-8H2,(H,17,18);1H. The Balaban J connectivity index is 0.00000133. The van der Waals surface area contributed by atoms with Crippen molar-refractivity contribution < 1.29 is 0 Å². The Morgan fingerprint density at radius 2 is 2.00 bits per heavy atom. The van der Waals surface area contributed by atoms with E-state index in [1.807, 2.05) is 24.4 Å². The number of pyridine rings is 1. The number of hydrogen-bond acceptors (Lipinski definition) is 3. The van der Waals surface area contributed by atoms with E-state index in [1.165, 1.54) is 0 Å². The van der Waals surface area contributed by atoms with Crippen LogP contribution in [-0.2, 0) is 0 Å². The number of halogens is 2. The van der Waals surface area contributed by atoms with E-state index in [4.69, 9.17) is 11.6 Å². The van der Waals surface area contributed by atoms with Crippen molar-refractivity contribution >= 4 is 40.6 Å². The maximum atomic E-state index is 6.17. The molecule has 0 saturated carbocycles. The van der Waals surface area contributed by atoms with Gasteiger partial charge in [-0.15, -0.1) is 12.4 Å². The molecule has 1 saturated heterocycles. The minimum Gasteiger partial charge on any atom is -0.382 e. The van der Waals surface area contributed by atoms with Crippen molar-refractivity contribution in [2.45, 2.75) is 18.9 Å². The fourth-order valence-electron chi connectivity index (χ4n) is 2.45. The summed E-state index contributed by atoms with van der Waals surface area (Å²) in [5.74, 6) is 0. The van der Waals surface area contributed by atoms with Gasteiger partial charge in [-0.3, -0.25) is 4.98 Å². The van der Waals surface area contributed by atoms with Crippen molar-refractivity contribution in [3.63, 3.8) is 0 Å². The van der Waals surface area contributed by atoms with Crippen molar-refractivity contribution in [3.05, 3.63) is 35.5 Å². The number of hydrogen-bond donors (Lipinski definition) is 2. The molecular weight excluding hydrogens is 281 g/mol. The van der Waals surface area contributed by atoms with E-state index < -0.39 is 0 Å². The zero-order chi connectivity index (χ0) is 12.4. The van der Waals surface area contributed by atoms with Crippen molar-refractivity contribution in [1.82, 2.24) is 10.3 Å². The van der Waals surface area contributed by atoms with Gasteiger partial charge in [-0.2, -0.15) is 0 Å². The molecule has 5 heteroatoms. The van der Waals surface area contributed by atoms with Crippen LogP contribution in [0.5, 0.6) is 0 Å². The number of rotatable bonds is 2. The Labute approximate surface area is 124 Å². The average molecular weight is 298 g/mol. The lowest BCUT2D eigenvalue weighted by Crippen LogP contribution is -2.35. The summed E-state index contributed by atoms with van der Waals surface area (Å²) in [7, 11) is 0. The van der Waals surface area contributed by atoms with Gasteiger partial charge in [-0.1, -0.05) is 23.7 Å². The zero-order valence-electron chi connectivity index (χ0n) is 10.5. The summed E-state index contributed by atoms with van der Waals surface area (Å²) in [5, 5.41) is 8.80. The molecular formula is C14H17Cl2N3. The van der Waals surface area contributed by atoms with E-state index in [2.05, 4.69) is 21.7 Å². The van der Waals surface area contributed by atoms with Gasteiger partial charge in [0.25, 0.3) is 0 Å². The van der Waals surface area contributed by atoms with Gasteiger partial charge in [-0.25, -0.2) is 0 Å². The molecule has 0 amide bonds. The summed E-state index contributed by atoms with van der Waals surface area (Å²) < 4.78 is 0. The fraction of sp³-hybridized carbons (Fsp3) is 0.357. The third-order valence-corrected chi connectivity index (χ3v) is 3.73. The van der Waals surface area contributed by atoms with Gasteiger partial charge >= 0.3 is 0 Å². The van der Waals surface area contributed by atoms with Crippen LogP contribution in [0.3, 0.4) is 0 Å². The third kappa shape index (κ3) is 3.11. The van der Waals surface area contributed by atoms with E-state index in [0.717, 1.165) is 42.5 Å². The van der Waals surface area contributed by atoms with Gasteiger partial charge in [0.2, 0.25) is 0 Å². The lowest BCUT2D eigenvalue weighted by Gasteiger charge is -2.25. The Hall–Kier alpha value is -1.03. The molecule has 2 heterocycles. The summed E-state index contributed by atoms with van der Waals surface area (Å²) in [4.78, 5) is 4.35. The quantitative estimate of drug-likeness (QED) is 0.891. The van der Waals surface area contributed by atoms with Crippen LogP contribution in [0.15, 0.2) is 30.5 Å². The smallest absolute Gasteiger partial charge is 0.0908 e. The molecule has 19 heavy (non-hydrogen) atoms. The maximum Gasteiger partial charge on any atom is 0.0908 e. The first kappa shape index (κ1) is 14.4. The molecule has 0 radical (unpaired) electrons. The van der Waals surface area contributed by atoms with Crippen LogP contribution in [0.2, 0.25) is 5.02 Å². The van der Waals surface area contributed by atoms with Crippen LogP contribution < -0.4 is 10.6 Å². The average Bonchev–Trinajstić information content (AvgIpc) is 2.41. The molecule has 1 aromatic carbocycles. The molecule has 2 aromatic rings. The molecule has 102 valence electrons. The van der Waals surface area contributed by atoms with Gasteiger partial charge < -0.3 is 10.6 Å². The first-order valence-corrected chi connectivity index (χ1v) is 6.73. The molecule has 2 N–H and O–H groups in total. The van der Waals surface area contributed by atoms with Crippen LogP contribution in [0, 0.1) is 0 Å². The van der Waals surface area contributed by atoms with Crippen LogP contribution in [0.1, 0.15) is 12.8 Å². The number of aromatic nitrogens is 1. The molecule has 3 nitrogen and oxygen atoms in total. The predicted octanol–water partition coefficient (Wildman–Crippen LogP) is 3.47. The highest BCUT2D eigenvalue weighted by molar-refractivity contribution is 6.35. The first-order valence-electron chi connectivity index (χ1n) is 6.35. The second-order valence-electron chi connectivity index (χ2n) is 4.66. The number of fused-ring (bicyclic) bond motifs is 1. The molecule has 0 unspecified atom stereocenters. The van der Waals surface area contributed by atoms with Crippen molar-refractivity contribution in [2.24, 2.45) is 0 Å². The summed E-state index contributed by atoms with van der Waals surface area (Å²) in [6, 6.07) is 8.49. The van der Waals surface area contributed by atoms with Crippen molar-refractivity contribution in [2.75, 3.05) is 18.4 Å². The molecule has 1 aliphatic rings. The summed E-state index contributed by atoms with van der Waals surface area (Å²) in [6.45, 7) is 2.17. The van der Waals surface area contributed by atoms with E-state index in [0.29, 0.717) is 11.1 Å². The SMILES string of the molecule is Cl.Clc1cccc2c(NC3CCNCC3)ccnc12. The minimum absolute atomic E-state index is 0. The number of nitrogens with zero attached hydrogens (tertiary/aromatic N) is 1. The molecule has 1 aliphatic heterocycles. The van der Waals surface area contributed by atoms with Gasteiger partial charge in [-0.05, 0) is 38.1 Å². The molecule has 1 aromatic heterocycles. The fourth-order valence-corrected chi connectivity index (χ4v) is 2.68. The Morgan fingerprint density at radius 3 is 2.79 bits per heavy atom. The largest absolute Gasteiger partial charge is 0.382 e. The summed E-state index contributed by atoms with van der Waals surface area (Å²) in [6.07, 6.45) is 4.13. The second-order valence-corrected chi connectivity index (χ2v) is 5.07. The van der Waals surface area contributed by atoms with Gasteiger partial charge in [0, 0.05) is 23.3 Å². The topological polar surface area (TPSA) is 37.0 Å². The number of nitrogens with one attached hydrogen (secondary N) is 2. The predicted molar refractivity (Wildman–Crippen MR) is 83.5 cm³/mol. The summed E-state index contributed by atoms with van der Waals surface area (Å²) in [5.41, 5.74) is 2.01. The molecule has 0 atom stereocenters. The van der Waals surface area contributed by atoms with Crippen LogP contribution in [-0.4, -0.2) is 24.1 Å². The first-order chi connectivity index (χ1) is 8.84. The zero-order valence-corrected chi connectivity index (χ0v) is 12.1. The van der Waals surface area contributed by atoms with Crippen LogP contribution >= 0.6 is 24.0 Å². The lowest BCUT2D eigenvalue weighted by atomic mass is 10.1. The Bertz CT molecular complexity index is 553. The third-order valence-electron chi connectivity index (χ3n) is 3.42. The second kappa shape index (κ2) is 6.42. The Morgan fingerprint density at radius 1 is 1.21 bits per heavy atom. The summed E-state index contributed by atoms with van der Waals surface area (Å²) >= 11 is 6.17. The number of anilines is 1. The van der Waals surface area contributed by atoms with Gasteiger partial charge in [0.15, 0.2) is 0 Å². The van der Waals surface area contributed by atoms with Crippen molar-refractivity contribution in [3.8, 4) is 0 Å². The van der Waals surface area contributed by atoms with E-state index in [-0.39, 0.29) is 12.4 Å². The maximum absolute atomic E-state index is 6.17.